The van der Waals surface area contributed by atoms with E-state index in [2.05, 4.69) is 21.8 Å². The van der Waals surface area contributed by atoms with Crippen molar-refractivity contribution in [2.75, 3.05) is 45.2 Å². The molecule has 0 N–H and O–H groups in total. The van der Waals surface area contributed by atoms with Gasteiger partial charge in [-0.2, -0.15) is 4.98 Å². The summed E-state index contributed by atoms with van der Waals surface area (Å²) >= 11 is 0. The molecule has 0 unspecified atom stereocenters. The van der Waals surface area contributed by atoms with Crippen LogP contribution in [0, 0.1) is 0 Å². The number of rotatable bonds is 2. The van der Waals surface area contributed by atoms with E-state index in [9.17, 15) is 0 Å². The number of aryl methyl sites for hydroxylation is 1. The van der Waals surface area contributed by atoms with E-state index in [0.717, 1.165) is 50.8 Å². The molecule has 1 saturated heterocycles. The van der Waals surface area contributed by atoms with Crippen molar-refractivity contribution in [1.82, 2.24) is 14.9 Å². The predicted octanol–water partition coefficient (Wildman–Crippen LogP) is 1.12. The van der Waals surface area contributed by atoms with Crippen LogP contribution >= 0.6 is 0 Å². The highest BCUT2D eigenvalue weighted by molar-refractivity contribution is 5.42. The SMILES string of the molecule is COc1nc(N2CCN(C)CC2)nc2c1CCCC2. The quantitative estimate of drug-likeness (QED) is 0.799. The number of nitrogens with zero attached hydrogens (tertiary/aromatic N) is 4. The van der Waals surface area contributed by atoms with Gasteiger partial charge in [0.25, 0.3) is 0 Å². The Balaban J connectivity index is 1.89. The Morgan fingerprint density at radius 1 is 1.00 bits per heavy atom. The van der Waals surface area contributed by atoms with Gasteiger partial charge in [-0.1, -0.05) is 0 Å². The summed E-state index contributed by atoms with van der Waals surface area (Å²) in [7, 11) is 3.87. The average Bonchev–Trinajstić information content (AvgIpc) is 2.47. The molecule has 2 heterocycles. The third-order valence-electron chi connectivity index (χ3n) is 4.11. The number of likely N-dealkylation sites (N-methyl/N-ethyl adjacent to an activating group) is 1. The molecule has 0 aromatic carbocycles. The fraction of sp³-hybridized carbons (Fsp3) is 0.714. The van der Waals surface area contributed by atoms with Gasteiger partial charge in [-0.3, -0.25) is 0 Å². The first-order valence-electron chi connectivity index (χ1n) is 7.15. The third-order valence-corrected chi connectivity index (χ3v) is 4.11. The van der Waals surface area contributed by atoms with Crippen LogP contribution in [0.3, 0.4) is 0 Å². The van der Waals surface area contributed by atoms with Crippen molar-refractivity contribution in [3.05, 3.63) is 11.3 Å². The second-order valence-corrected chi connectivity index (χ2v) is 5.46. The van der Waals surface area contributed by atoms with Crippen molar-refractivity contribution in [2.45, 2.75) is 25.7 Å². The summed E-state index contributed by atoms with van der Waals surface area (Å²) in [6.07, 6.45) is 4.58. The summed E-state index contributed by atoms with van der Waals surface area (Å²) in [5.41, 5.74) is 2.43. The van der Waals surface area contributed by atoms with E-state index in [1.807, 2.05) is 0 Å². The highest BCUT2D eigenvalue weighted by atomic mass is 16.5. The summed E-state index contributed by atoms with van der Waals surface area (Å²) < 4.78 is 5.48. The number of fused-ring (bicyclic) bond motifs is 1. The van der Waals surface area contributed by atoms with Crippen molar-refractivity contribution in [1.29, 1.82) is 0 Å². The second kappa shape index (κ2) is 5.33. The maximum absolute atomic E-state index is 5.48. The highest BCUT2D eigenvalue weighted by Crippen LogP contribution is 2.29. The molecule has 1 aliphatic carbocycles. The van der Waals surface area contributed by atoms with E-state index in [4.69, 9.17) is 9.72 Å². The van der Waals surface area contributed by atoms with Crippen LogP contribution in [-0.4, -0.2) is 55.2 Å². The Morgan fingerprint density at radius 2 is 1.74 bits per heavy atom. The molecule has 19 heavy (non-hydrogen) atoms. The van der Waals surface area contributed by atoms with Gasteiger partial charge in [-0.05, 0) is 32.7 Å². The first-order chi connectivity index (χ1) is 9.28. The van der Waals surface area contributed by atoms with Crippen LogP contribution < -0.4 is 9.64 Å². The molecule has 0 atom stereocenters. The Kier molecular flexibility index (Phi) is 3.55. The number of hydrogen-bond donors (Lipinski definition) is 0. The minimum atomic E-state index is 0.790. The topological polar surface area (TPSA) is 41.5 Å². The fourth-order valence-corrected chi connectivity index (χ4v) is 2.86. The zero-order valence-electron chi connectivity index (χ0n) is 11.9. The van der Waals surface area contributed by atoms with E-state index >= 15 is 0 Å². The summed E-state index contributed by atoms with van der Waals surface area (Å²) in [6, 6.07) is 0. The van der Waals surface area contributed by atoms with E-state index in [1.165, 1.54) is 24.1 Å². The van der Waals surface area contributed by atoms with Gasteiger partial charge in [-0.15, -0.1) is 0 Å². The molecule has 5 nitrogen and oxygen atoms in total. The Hall–Kier alpha value is -1.36. The van der Waals surface area contributed by atoms with Crippen molar-refractivity contribution in [2.24, 2.45) is 0 Å². The van der Waals surface area contributed by atoms with Crippen LogP contribution in [0.1, 0.15) is 24.1 Å². The molecule has 2 aliphatic rings. The molecule has 5 heteroatoms. The van der Waals surface area contributed by atoms with Gasteiger partial charge in [0.05, 0.1) is 12.8 Å². The minimum absolute atomic E-state index is 0.790. The first-order valence-corrected chi connectivity index (χ1v) is 7.15. The van der Waals surface area contributed by atoms with Gasteiger partial charge in [0.15, 0.2) is 0 Å². The van der Waals surface area contributed by atoms with Gasteiger partial charge in [0.1, 0.15) is 0 Å². The molecule has 0 spiro atoms. The van der Waals surface area contributed by atoms with Crippen LogP contribution in [0.5, 0.6) is 5.88 Å². The maximum atomic E-state index is 5.48. The summed E-state index contributed by atoms with van der Waals surface area (Å²) in [5, 5.41) is 0. The molecule has 1 aromatic rings. The standard InChI is InChI=1S/C14H22N4O/c1-17-7-9-18(10-8-17)14-15-12-6-4-3-5-11(12)13(16-14)19-2/h3-10H2,1-2H3. The highest BCUT2D eigenvalue weighted by Gasteiger charge is 2.22. The molecular formula is C14H22N4O. The van der Waals surface area contributed by atoms with E-state index in [-0.39, 0.29) is 0 Å². The van der Waals surface area contributed by atoms with Gasteiger partial charge < -0.3 is 14.5 Å². The van der Waals surface area contributed by atoms with Crippen molar-refractivity contribution in [3.63, 3.8) is 0 Å². The van der Waals surface area contributed by atoms with E-state index in [0.29, 0.717) is 0 Å². The zero-order chi connectivity index (χ0) is 13.2. The zero-order valence-corrected chi connectivity index (χ0v) is 11.9. The molecule has 104 valence electrons. The Morgan fingerprint density at radius 3 is 2.47 bits per heavy atom. The Bertz CT molecular complexity index is 438. The molecule has 0 bridgehead atoms. The third kappa shape index (κ3) is 2.52. The van der Waals surface area contributed by atoms with Gasteiger partial charge in [0, 0.05) is 31.7 Å². The molecule has 0 saturated carbocycles. The molecular weight excluding hydrogens is 240 g/mol. The van der Waals surface area contributed by atoms with E-state index in [1.54, 1.807) is 7.11 Å². The number of aromatic nitrogens is 2. The Labute approximate surface area is 114 Å². The summed E-state index contributed by atoms with van der Waals surface area (Å²) in [6.45, 7) is 4.14. The van der Waals surface area contributed by atoms with Gasteiger partial charge >= 0.3 is 0 Å². The molecule has 0 radical (unpaired) electrons. The van der Waals surface area contributed by atoms with Crippen LogP contribution in [0.15, 0.2) is 0 Å². The lowest BCUT2D eigenvalue weighted by Crippen LogP contribution is -2.45. The number of methoxy groups -OCH3 is 1. The second-order valence-electron chi connectivity index (χ2n) is 5.46. The molecule has 1 aromatic heterocycles. The minimum Gasteiger partial charge on any atom is -0.481 e. The van der Waals surface area contributed by atoms with Crippen LogP contribution in [-0.2, 0) is 12.8 Å². The molecule has 0 amide bonds. The number of hydrogen-bond acceptors (Lipinski definition) is 5. The largest absolute Gasteiger partial charge is 0.481 e. The van der Waals surface area contributed by atoms with Crippen LogP contribution in [0.4, 0.5) is 5.95 Å². The lowest BCUT2D eigenvalue weighted by molar-refractivity contribution is 0.310. The fourth-order valence-electron chi connectivity index (χ4n) is 2.86. The lowest BCUT2D eigenvalue weighted by Gasteiger charge is -2.33. The smallest absolute Gasteiger partial charge is 0.228 e. The molecule has 3 rings (SSSR count). The monoisotopic (exact) mass is 262 g/mol. The number of ether oxygens (including phenoxy) is 1. The van der Waals surface area contributed by atoms with E-state index < -0.39 is 0 Å². The van der Waals surface area contributed by atoms with Crippen molar-refractivity contribution in [3.8, 4) is 5.88 Å². The molecule has 1 aliphatic heterocycles. The van der Waals surface area contributed by atoms with Gasteiger partial charge in [-0.25, -0.2) is 4.98 Å². The summed E-state index contributed by atoms with van der Waals surface area (Å²) in [5.74, 6) is 1.64. The predicted molar refractivity (Wildman–Crippen MR) is 74.9 cm³/mol. The van der Waals surface area contributed by atoms with Crippen molar-refractivity contribution >= 4 is 5.95 Å². The molecule has 1 fully saturated rings. The number of anilines is 1. The average molecular weight is 262 g/mol. The number of piperazine rings is 1. The van der Waals surface area contributed by atoms with Crippen LogP contribution in [0.25, 0.3) is 0 Å². The summed E-state index contributed by atoms with van der Waals surface area (Å²) in [4.78, 5) is 14.0. The van der Waals surface area contributed by atoms with Gasteiger partial charge in [0.2, 0.25) is 11.8 Å². The first kappa shape index (κ1) is 12.7. The lowest BCUT2D eigenvalue weighted by atomic mass is 9.97. The van der Waals surface area contributed by atoms with Crippen molar-refractivity contribution < 1.29 is 4.74 Å². The van der Waals surface area contributed by atoms with Crippen LogP contribution in [0.2, 0.25) is 0 Å². The maximum Gasteiger partial charge on any atom is 0.228 e. The normalized spacial score (nSPS) is 20.2.